The number of nitriles is 1. The third-order valence-corrected chi connectivity index (χ3v) is 7.59. The van der Waals surface area contributed by atoms with E-state index >= 15 is 0 Å². The average molecular weight is 406 g/mol. The van der Waals surface area contributed by atoms with Crippen LogP contribution in [0.3, 0.4) is 0 Å². The van der Waals surface area contributed by atoms with Crippen LogP contribution in [0.2, 0.25) is 0 Å². The fourth-order valence-corrected chi connectivity index (χ4v) is 5.58. The Morgan fingerprint density at radius 2 is 1.56 bits per heavy atom. The molecule has 1 N–H and O–H groups in total. The highest BCUT2D eigenvalue weighted by atomic mass is 32.2. The molecule has 2 aromatic rings. The smallest absolute Gasteiger partial charge is 0.261 e. The molecule has 1 aliphatic heterocycles. The highest BCUT2D eigenvalue weighted by Crippen LogP contribution is 2.24. The third-order valence-electron chi connectivity index (χ3n) is 4.31. The van der Waals surface area contributed by atoms with E-state index in [2.05, 4.69) is 4.72 Å². The number of sulfonamides is 2. The van der Waals surface area contributed by atoms with Gasteiger partial charge >= 0.3 is 0 Å². The van der Waals surface area contributed by atoms with Crippen LogP contribution in [0.4, 0.5) is 5.69 Å². The number of rotatable bonds is 5. The van der Waals surface area contributed by atoms with Crippen LogP contribution in [-0.2, 0) is 20.0 Å². The summed E-state index contributed by atoms with van der Waals surface area (Å²) in [6, 6.07) is 13.3. The molecule has 7 nitrogen and oxygen atoms in total. The van der Waals surface area contributed by atoms with Gasteiger partial charge in [-0.25, -0.2) is 16.8 Å². The van der Waals surface area contributed by atoms with E-state index in [1.807, 2.05) is 6.07 Å². The molecule has 0 unspecified atom stereocenters. The number of benzene rings is 2. The Labute approximate surface area is 159 Å². The lowest BCUT2D eigenvalue weighted by molar-refractivity contribution is 0.346. The van der Waals surface area contributed by atoms with Gasteiger partial charge in [0, 0.05) is 13.1 Å². The Bertz CT molecular complexity index is 1080. The molecule has 0 aromatic heterocycles. The molecule has 2 aromatic carbocycles. The second-order valence-corrected chi connectivity index (χ2v) is 9.86. The van der Waals surface area contributed by atoms with Crippen LogP contribution in [0.25, 0.3) is 0 Å². The number of hydrogen-bond donors (Lipinski definition) is 1. The van der Waals surface area contributed by atoms with Crippen molar-refractivity contribution in [3.05, 3.63) is 54.1 Å². The van der Waals surface area contributed by atoms with E-state index in [0.717, 1.165) is 19.3 Å². The average Bonchev–Trinajstić information content (AvgIpc) is 2.68. The summed E-state index contributed by atoms with van der Waals surface area (Å²) < 4.78 is 54.5. The number of nitrogens with one attached hydrogen (secondary N) is 1. The van der Waals surface area contributed by atoms with E-state index in [-0.39, 0.29) is 21.0 Å². The summed E-state index contributed by atoms with van der Waals surface area (Å²) in [6.07, 6.45) is 2.65. The molecule has 0 bridgehead atoms. The van der Waals surface area contributed by atoms with Crippen molar-refractivity contribution < 1.29 is 16.8 Å². The third kappa shape index (κ3) is 4.30. The number of hydrogen-bond acceptors (Lipinski definition) is 5. The van der Waals surface area contributed by atoms with Crippen LogP contribution in [0.15, 0.2) is 58.3 Å². The Hall–Kier alpha value is -2.41. The van der Waals surface area contributed by atoms with Gasteiger partial charge in [-0.1, -0.05) is 18.6 Å². The molecule has 1 aliphatic rings. The lowest BCUT2D eigenvalue weighted by atomic mass is 10.2. The Morgan fingerprint density at radius 3 is 2.26 bits per heavy atom. The van der Waals surface area contributed by atoms with Crippen molar-refractivity contribution in [1.82, 2.24) is 4.31 Å². The first-order valence-corrected chi connectivity index (χ1v) is 11.4. The predicted octanol–water partition coefficient (Wildman–Crippen LogP) is 2.53. The molecule has 0 amide bonds. The summed E-state index contributed by atoms with van der Waals surface area (Å²) in [6.45, 7) is 0.943. The fourth-order valence-electron chi connectivity index (χ4n) is 2.92. The zero-order chi connectivity index (χ0) is 19.5. The van der Waals surface area contributed by atoms with E-state index in [1.54, 1.807) is 0 Å². The first-order valence-electron chi connectivity index (χ1n) is 8.46. The van der Waals surface area contributed by atoms with Crippen molar-refractivity contribution in [3.63, 3.8) is 0 Å². The zero-order valence-electron chi connectivity index (χ0n) is 14.5. The molecule has 0 aliphatic carbocycles. The first kappa shape index (κ1) is 19.4. The maximum absolute atomic E-state index is 12.8. The second kappa shape index (κ2) is 7.68. The van der Waals surface area contributed by atoms with Crippen LogP contribution < -0.4 is 4.72 Å². The lowest BCUT2D eigenvalue weighted by Crippen LogP contribution is -2.35. The van der Waals surface area contributed by atoms with E-state index in [9.17, 15) is 16.8 Å². The largest absolute Gasteiger partial charge is 0.280 e. The van der Waals surface area contributed by atoms with Gasteiger partial charge in [-0.15, -0.1) is 0 Å². The molecule has 0 atom stereocenters. The summed E-state index contributed by atoms with van der Waals surface area (Å²) in [5.41, 5.74) is 0.370. The van der Waals surface area contributed by atoms with Gasteiger partial charge in [0.2, 0.25) is 10.0 Å². The minimum absolute atomic E-state index is 0.0513. The molecule has 1 heterocycles. The topological polar surface area (TPSA) is 107 Å². The minimum Gasteiger partial charge on any atom is -0.280 e. The van der Waals surface area contributed by atoms with Crippen molar-refractivity contribution in [2.75, 3.05) is 17.8 Å². The Morgan fingerprint density at radius 1 is 0.889 bits per heavy atom. The number of anilines is 1. The second-order valence-electron chi connectivity index (χ2n) is 6.24. The van der Waals surface area contributed by atoms with Crippen LogP contribution in [0.5, 0.6) is 0 Å². The normalized spacial score (nSPS) is 15.8. The van der Waals surface area contributed by atoms with E-state index in [4.69, 9.17) is 5.26 Å². The van der Waals surface area contributed by atoms with Crippen molar-refractivity contribution >= 4 is 25.7 Å². The van der Waals surface area contributed by atoms with Gasteiger partial charge in [0.15, 0.2) is 0 Å². The highest BCUT2D eigenvalue weighted by molar-refractivity contribution is 7.92. The quantitative estimate of drug-likeness (QED) is 0.822. The molecule has 1 fully saturated rings. The number of nitrogens with zero attached hydrogens (tertiary/aromatic N) is 2. The highest BCUT2D eigenvalue weighted by Gasteiger charge is 2.26. The van der Waals surface area contributed by atoms with Crippen molar-refractivity contribution in [2.45, 2.75) is 29.1 Å². The Balaban J connectivity index is 1.88. The van der Waals surface area contributed by atoms with Crippen LogP contribution in [0, 0.1) is 11.3 Å². The molecular weight excluding hydrogens is 386 g/mol. The van der Waals surface area contributed by atoms with Gasteiger partial charge in [0.05, 0.1) is 27.1 Å². The predicted molar refractivity (Wildman–Crippen MR) is 101 cm³/mol. The summed E-state index contributed by atoms with van der Waals surface area (Å²) in [7, 11) is -7.60. The lowest BCUT2D eigenvalue weighted by Gasteiger charge is -2.26. The van der Waals surface area contributed by atoms with E-state index in [0.29, 0.717) is 13.1 Å². The Kier molecular flexibility index (Phi) is 5.51. The van der Waals surface area contributed by atoms with Crippen molar-refractivity contribution in [1.29, 1.82) is 5.26 Å². The maximum Gasteiger partial charge on any atom is 0.261 e. The summed E-state index contributed by atoms with van der Waals surface area (Å²) >= 11 is 0. The first-order chi connectivity index (χ1) is 12.8. The van der Waals surface area contributed by atoms with Crippen LogP contribution in [-0.4, -0.2) is 34.2 Å². The fraction of sp³-hybridized carbons (Fsp3) is 0.278. The molecule has 0 spiro atoms. The van der Waals surface area contributed by atoms with E-state index < -0.39 is 20.0 Å². The van der Waals surface area contributed by atoms with Crippen molar-refractivity contribution in [3.8, 4) is 6.07 Å². The molecule has 142 valence electrons. The molecule has 3 rings (SSSR count). The molecule has 0 radical (unpaired) electrons. The van der Waals surface area contributed by atoms with Gasteiger partial charge in [0.1, 0.15) is 0 Å². The molecule has 27 heavy (non-hydrogen) atoms. The van der Waals surface area contributed by atoms with Crippen LogP contribution >= 0.6 is 0 Å². The van der Waals surface area contributed by atoms with Crippen LogP contribution in [0.1, 0.15) is 24.8 Å². The standard InChI is InChI=1S/C18H19N3O4S2/c19-14-15-6-4-8-17(12-15)26(22,23)20-16-7-5-9-18(13-16)27(24,25)21-10-2-1-3-11-21/h4-9,12-13,20H,1-3,10-11H2. The molecular formula is C18H19N3O4S2. The zero-order valence-corrected chi connectivity index (χ0v) is 16.1. The monoisotopic (exact) mass is 405 g/mol. The SMILES string of the molecule is N#Cc1cccc(S(=O)(=O)Nc2cccc(S(=O)(=O)N3CCCCC3)c2)c1. The van der Waals surface area contributed by atoms with Gasteiger partial charge in [-0.05, 0) is 49.2 Å². The maximum atomic E-state index is 12.8. The van der Waals surface area contributed by atoms with E-state index in [1.165, 1.54) is 52.8 Å². The summed E-state index contributed by atoms with van der Waals surface area (Å²) in [5, 5.41) is 8.93. The van der Waals surface area contributed by atoms with Crippen molar-refractivity contribution in [2.24, 2.45) is 0 Å². The molecule has 0 saturated carbocycles. The minimum atomic E-state index is -3.94. The number of piperidine rings is 1. The van der Waals surface area contributed by atoms with Gasteiger partial charge in [-0.3, -0.25) is 4.72 Å². The van der Waals surface area contributed by atoms with Gasteiger partial charge in [0.25, 0.3) is 10.0 Å². The van der Waals surface area contributed by atoms with Gasteiger partial charge < -0.3 is 0 Å². The summed E-state index contributed by atoms with van der Waals surface area (Å²) in [4.78, 5) is -0.0128. The summed E-state index contributed by atoms with van der Waals surface area (Å²) in [5.74, 6) is 0. The molecule has 1 saturated heterocycles. The molecule has 9 heteroatoms. The van der Waals surface area contributed by atoms with Gasteiger partial charge in [-0.2, -0.15) is 9.57 Å².